The minimum Gasteiger partial charge on any atom is -0.269 e. The Morgan fingerprint density at radius 1 is 1.04 bits per heavy atom. The number of rotatable bonds is 2. The molecule has 0 aliphatic carbocycles. The fraction of sp³-hybridized carbons (Fsp3) is 0.118. The highest BCUT2D eigenvalue weighted by molar-refractivity contribution is 6.31. The molecule has 6 heteroatoms. The van der Waals surface area contributed by atoms with Crippen LogP contribution >= 0.6 is 11.6 Å². The van der Waals surface area contributed by atoms with E-state index in [2.05, 4.69) is 5.10 Å². The van der Waals surface area contributed by atoms with Crippen molar-refractivity contribution in [2.24, 2.45) is 7.05 Å². The van der Waals surface area contributed by atoms with Crippen LogP contribution in [0.2, 0.25) is 5.02 Å². The van der Waals surface area contributed by atoms with E-state index >= 15 is 0 Å². The smallest absolute Gasteiger partial charge is 0.261 e. The third-order valence-electron chi connectivity index (χ3n) is 4.07. The number of fused-ring (bicyclic) bond motifs is 2. The molecule has 23 heavy (non-hydrogen) atoms. The molecule has 3 aromatic rings. The Kier molecular flexibility index (Phi) is 2.99. The molecule has 0 spiro atoms. The average Bonchev–Trinajstić information content (AvgIpc) is 2.98. The minimum absolute atomic E-state index is 0.129. The first-order chi connectivity index (χ1) is 11.1. The molecule has 2 aromatic carbocycles. The Morgan fingerprint density at radius 3 is 2.35 bits per heavy atom. The molecule has 0 N–H and O–H groups in total. The van der Waals surface area contributed by atoms with Crippen LogP contribution < -0.4 is 0 Å². The van der Waals surface area contributed by atoms with Crippen LogP contribution in [0.1, 0.15) is 26.4 Å². The molecule has 0 saturated heterocycles. The Hall–Kier alpha value is -2.66. The molecule has 2 heterocycles. The number of carbonyl (C=O) groups excluding carboxylic acids is 2. The Balaban J connectivity index is 1.77. The predicted octanol–water partition coefficient (Wildman–Crippen LogP) is 3.02. The van der Waals surface area contributed by atoms with Crippen LogP contribution in [-0.2, 0) is 13.6 Å². The molecule has 5 nitrogen and oxygen atoms in total. The fourth-order valence-corrected chi connectivity index (χ4v) is 3.13. The number of amides is 2. The van der Waals surface area contributed by atoms with Crippen LogP contribution in [0.15, 0.2) is 42.5 Å². The van der Waals surface area contributed by atoms with Gasteiger partial charge in [-0.05, 0) is 30.3 Å². The maximum atomic E-state index is 12.5. The molecule has 0 bridgehead atoms. The third kappa shape index (κ3) is 2.04. The van der Waals surface area contributed by atoms with Crippen LogP contribution in [0.25, 0.3) is 10.9 Å². The lowest BCUT2D eigenvalue weighted by molar-refractivity contribution is 0.0641. The second-order valence-corrected chi connectivity index (χ2v) is 5.91. The Bertz CT molecular complexity index is 942. The van der Waals surface area contributed by atoms with E-state index in [9.17, 15) is 9.59 Å². The fourth-order valence-electron chi connectivity index (χ4n) is 2.96. The summed E-state index contributed by atoms with van der Waals surface area (Å²) < 4.78 is 1.72. The third-order valence-corrected chi connectivity index (χ3v) is 4.31. The Morgan fingerprint density at radius 2 is 1.70 bits per heavy atom. The van der Waals surface area contributed by atoms with Gasteiger partial charge < -0.3 is 0 Å². The summed E-state index contributed by atoms with van der Waals surface area (Å²) in [5, 5.41) is 5.87. The second kappa shape index (κ2) is 4.93. The van der Waals surface area contributed by atoms with Crippen molar-refractivity contribution in [1.29, 1.82) is 0 Å². The van der Waals surface area contributed by atoms with Gasteiger partial charge in [0.05, 0.1) is 28.9 Å². The van der Waals surface area contributed by atoms with Gasteiger partial charge in [0.15, 0.2) is 0 Å². The number of benzene rings is 2. The standard InChI is InChI=1S/C17H12ClN3O2/c1-20-15-7-6-10(18)8-13(15)14(19-20)9-21-16(22)11-4-2-3-5-12(11)17(21)23/h2-8H,9H2,1H3. The molecule has 0 atom stereocenters. The molecule has 0 fully saturated rings. The van der Waals surface area contributed by atoms with E-state index in [4.69, 9.17) is 11.6 Å². The zero-order valence-corrected chi connectivity index (χ0v) is 13.0. The maximum Gasteiger partial charge on any atom is 0.261 e. The van der Waals surface area contributed by atoms with E-state index < -0.39 is 0 Å². The zero-order chi connectivity index (χ0) is 16.1. The topological polar surface area (TPSA) is 55.2 Å². The van der Waals surface area contributed by atoms with E-state index in [1.807, 2.05) is 13.1 Å². The van der Waals surface area contributed by atoms with Gasteiger partial charge in [-0.25, -0.2) is 0 Å². The van der Waals surface area contributed by atoms with Gasteiger partial charge in [-0.15, -0.1) is 0 Å². The minimum atomic E-state index is -0.286. The monoisotopic (exact) mass is 325 g/mol. The number of aryl methyl sites for hydroxylation is 1. The molecular formula is C17H12ClN3O2. The normalized spacial score (nSPS) is 13.9. The highest BCUT2D eigenvalue weighted by atomic mass is 35.5. The van der Waals surface area contributed by atoms with Gasteiger partial charge in [0.2, 0.25) is 0 Å². The van der Waals surface area contributed by atoms with Gasteiger partial charge in [-0.1, -0.05) is 23.7 Å². The summed E-state index contributed by atoms with van der Waals surface area (Å²) in [6.07, 6.45) is 0. The number of hydrogen-bond donors (Lipinski definition) is 0. The van der Waals surface area contributed by atoms with Gasteiger partial charge in [0.1, 0.15) is 0 Å². The molecule has 0 unspecified atom stereocenters. The van der Waals surface area contributed by atoms with Crippen LogP contribution in [-0.4, -0.2) is 26.5 Å². The first kappa shape index (κ1) is 14.0. The van der Waals surface area contributed by atoms with E-state index in [1.54, 1.807) is 41.1 Å². The van der Waals surface area contributed by atoms with E-state index in [-0.39, 0.29) is 18.4 Å². The summed E-state index contributed by atoms with van der Waals surface area (Å²) in [6, 6.07) is 12.3. The largest absolute Gasteiger partial charge is 0.269 e. The van der Waals surface area contributed by atoms with Crippen molar-refractivity contribution in [2.45, 2.75) is 6.54 Å². The highest BCUT2D eigenvalue weighted by Crippen LogP contribution is 2.27. The molecule has 0 saturated carbocycles. The van der Waals surface area contributed by atoms with Crippen molar-refractivity contribution in [3.8, 4) is 0 Å². The zero-order valence-electron chi connectivity index (χ0n) is 12.3. The SMILES string of the molecule is Cn1nc(CN2C(=O)c3ccccc3C2=O)c2cc(Cl)ccc21. The first-order valence-corrected chi connectivity index (χ1v) is 7.50. The van der Waals surface area contributed by atoms with Crippen LogP contribution in [0.4, 0.5) is 0 Å². The maximum absolute atomic E-state index is 12.5. The number of imide groups is 1. The molecule has 4 rings (SSSR count). The lowest BCUT2D eigenvalue weighted by Gasteiger charge is -2.12. The van der Waals surface area contributed by atoms with Crippen LogP contribution in [0.5, 0.6) is 0 Å². The van der Waals surface area contributed by atoms with E-state index in [0.29, 0.717) is 21.8 Å². The van der Waals surface area contributed by atoms with Gasteiger partial charge in [-0.3, -0.25) is 19.2 Å². The van der Waals surface area contributed by atoms with Crippen molar-refractivity contribution in [1.82, 2.24) is 14.7 Å². The van der Waals surface area contributed by atoms with Gasteiger partial charge in [0.25, 0.3) is 11.8 Å². The summed E-state index contributed by atoms with van der Waals surface area (Å²) in [5.41, 5.74) is 2.44. The lowest BCUT2D eigenvalue weighted by Crippen LogP contribution is -2.29. The quantitative estimate of drug-likeness (QED) is 0.681. The van der Waals surface area contributed by atoms with E-state index in [0.717, 1.165) is 10.9 Å². The van der Waals surface area contributed by atoms with E-state index in [1.165, 1.54) is 4.90 Å². The predicted molar refractivity (Wildman–Crippen MR) is 86.4 cm³/mol. The summed E-state index contributed by atoms with van der Waals surface area (Å²) in [4.78, 5) is 26.2. The number of hydrogen-bond acceptors (Lipinski definition) is 3. The van der Waals surface area contributed by atoms with Crippen LogP contribution in [0.3, 0.4) is 0 Å². The summed E-state index contributed by atoms with van der Waals surface area (Å²) in [6.45, 7) is 0.129. The van der Waals surface area contributed by atoms with Gasteiger partial charge >= 0.3 is 0 Å². The average molecular weight is 326 g/mol. The highest BCUT2D eigenvalue weighted by Gasteiger charge is 2.35. The van der Waals surface area contributed by atoms with Crippen molar-refractivity contribution in [3.63, 3.8) is 0 Å². The molecular weight excluding hydrogens is 314 g/mol. The van der Waals surface area contributed by atoms with Gasteiger partial charge in [0, 0.05) is 17.5 Å². The second-order valence-electron chi connectivity index (χ2n) is 5.47. The van der Waals surface area contributed by atoms with Gasteiger partial charge in [-0.2, -0.15) is 5.10 Å². The summed E-state index contributed by atoms with van der Waals surface area (Å²) >= 11 is 6.06. The molecule has 2 amide bonds. The van der Waals surface area contributed by atoms with Crippen molar-refractivity contribution >= 4 is 34.3 Å². The summed E-state index contributed by atoms with van der Waals surface area (Å²) in [7, 11) is 1.82. The number of nitrogens with zero attached hydrogens (tertiary/aromatic N) is 3. The molecule has 114 valence electrons. The Labute approximate surface area is 137 Å². The summed E-state index contributed by atoms with van der Waals surface area (Å²) in [5.74, 6) is -0.571. The molecule has 1 aromatic heterocycles. The lowest BCUT2D eigenvalue weighted by atomic mass is 10.1. The van der Waals surface area contributed by atoms with Crippen molar-refractivity contribution in [3.05, 3.63) is 64.3 Å². The number of aromatic nitrogens is 2. The first-order valence-electron chi connectivity index (χ1n) is 7.12. The van der Waals surface area contributed by atoms with Crippen LogP contribution in [0, 0.1) is 0 Å². The molecule has 1 aliphatic heterocycles. The number of carbonyl (C=O) groups is 2. The van der Waals surface area contributed by atoms with Crippen molar-refractivity contribution < 1.29 is 9.59 Å². The van der Waals surface area contributed by atoms with Crippen molar-refractivity contribution in [2.75, 3.05) is 0 Å². The molecule has 0 radical (unpaired) electrons. The number of halogens is 1. The molecule has 1 aliphatic rings.